The van der Waals surface area contributed by atoms with Gasteiger partial charge in [-0.2, -0.15) is 0 Å². The molecule has 3 aromatic rings. The Hall–Kier alpha value is -1.35. The molecular formula is C21H21HoO9S3. The summed E-state index contributed by atoms with van der Waals surface area (Å²) in [4.78, 5) is -0.533. The van der Waals surface area contributed by atoms with Crippen LogP contribution in [-0.2, 0) is 30.4 Å². The van der Waals surface area contributed by atoms with Gasteiger partial charge in [0.15, 0.2) is 0 Å². The minimum atomic E-state index is -4.27. The second kappa shape index (κ2) is 13.7. The number of hydrogen-bond donors (Lipinski definition) is 0. The number of aryl methyl sites for hydroxylation is 3. The molecular weight excluding hydrogens is 657 g/mol. The van der Waals surface area contributed by atoms with Gasteiger partial charge in [0, 0.05) is 0 Å². The first-order valence-corrected chi connectivity index (χ1v) is 13.3. The topological polar surface area (TPSA) is 172 Å². The summed E-state index contributed by atoms with van der Waals surface area (Å²) >= 11 is 0. The maximum absolute atomic E-state index is 10.4. The average Bonchev–Trinajstić information content (AvgIpc) is 2.68. The van der Waals surface area contributed by atoms with Crippen LogP contribution in [0.3, 0.4) is 0 Å². The molecule has 34 heavy (non-hydrogen) atoms. The standard InChI is InChI=1S/3C7H8O3S.Ho/c3*1-6-2-4-7(5-3-6)11(8,9)10;/h3*2-5H,1H3,(H,8,9,10);/q;;;+3/p-3. The average molecular weight is 679 g/mol. The van der Waals surface area contributed by atoms with Crippen molar-refractivity contribution < 1.29 is 76.6 Å². The van der Waals surface area contributed by atoms with Gasteiger partial charge in [0.2, 0.25) is 0 Å². The maximum Gasteiger partial charge on any atom is 3.00 e. The SMILES string of the molecule is Cc1ccc(S(=O)(=O)[O-])cc1.Cc1ccc(S(=O)(=O)[O-])cc1.Cc1ccc(S(=O)(=O)[O-])cc1.[Ho+3]. The zero-order valence-electron chi connectivity index (χ0n) is 18.1. The van der Waals surface area contributed by atoms with Gasteiger partial charge in [-0.15, -0.1) is 0 Å². The summed E-state index contributed by atoms with van der Waals surface area (Å²) in [5.41, 5.74) is 2.78. The van der Waals surface area contributed by atoms with E-state index in [4.69, 9.17) is 0 Å². The first-order valence-electron chi connectivity index (χ1n) is 9.08. The summed E-state index contributed by atoms with van der Waals surface area (Å²) in [6, 6.07) is 17.3. The monoisotopic (exact) mass is 678 g/mol. The molecule has 0 saturated heterocycles. The molecule has 0 heterocycles. The van der Waals surface area contributed by atoms with E-state index >= 15 is 0 Å². The van der Waals surface area contributed by atoms with Crippen molar-refractivity contribution in [3.05, 3.63) is 89.5 Å². The van der Waals surface area contributed by atoms with Crippen LogP contribution in [0.5, 0.6) is 0 Å². The summed E-state index contributed by atoms with van der Waals surface area (Å²) in [5.74, 6) is 0. The van der Waals surface area contributed by atoms with Crippen LogP contribution in [0.2, 0.25) is 0 Å². The number of hydrogen-bond acceptors (Lipinski definition) is 9. The van der Waals surface area contributed by atoms with Gasteiger partial charge in [0.25, 0.3) is 0 Å². The van der Waals surface area contributed by atoms with E-state index in [0.29, 0.717) is 0 Å². The first kappa shape index (κ1) is 32.6. The van der Waals surface area contributed by atoms with Gasteiger partial charge in [-0.1, -0.05) is 53.1 Å². The Morgan fingerprint density at radius 2 is 0.559 bits per heavy atom. The molecule has 0 spiro atoms. The van der Waals surface area contributed by atoms with Crippen molar-refractivity contribution >= 4 is 30.4 Å². The van der Waals surface area contributed by atoms with E-state index < -0.39 is 30.4 Å². The van der Waals surface area contributed by atoms with Crippen LogP contribution >= 0.6 is 0 Å². The molecule has 188 valence electrons. The van der Waals surface area contributed by atoms with Crippen molar-refractivity contribution in [2.24, 2.45) is 0 Å². The van der Waals surface area contributed by atoms with Crippen molar-refractivity contribution in [3.63, 3.8) is 0 Å². The molecule has 0 radical (unpaired) electrons. The van der Waals surface area contributed by atoms with Crippen molar-refractivity contribution in [2.75, 3.05) is 0 Å². The smallest absolute Gasteiger partial charge is 0.744 e. The fourth-order valence-electron chi connectivity index (χ4n) is 2.11. The van der Waals surface area contributed by atoms with Gasteiger partial charge < -0.3 is 13.7 Å². The fraction of sp³-hybridized carbons (Fsp3) is 0.143. The van der Waals surface area contributed by atoms with E-state index in [9.17, 15) is 38.9 Å². The van der Waals surface area contributed by atoms with Crippen LogP contribution in [0.25, 0.3) is 0 Å². The zero-order chi connectivity index (χ0) is 25.4. The van der Waals surface area contributed by atoms with E-state index in [1.54, 1.807) is 36.4 Å². The van der Waals surface area contributed by atoms with E-state index in [0.717, 1.165) is 16.7 Å². The third kappa shape index (κ3) is 12.4. The Bertz CT molecular complexity index is 1190. The van der Waals surface area contributed by atoms with Crippen molar-refractivity contribution in [2.45, 2.75) is 35.5 Å². The number of benzene rings is 3. The predicted molar refractivity (Wildman–Crippen MR) is 117 cm³/mol. The van der Waals surface area contributed by atoms with Crippen molar-refractivity contribution in [3.8, 4) is 0 Å². The molecule has 9 nitrogen and oxygen atoms in total. The molecule has 0 atom stereocenters. The van der Waals surface area contributed by atoms with Crippen molar-refractivity contribution in [1.29, 1.82) is 0 Å². The second-order valence-electron chi connectivity index (χ2n) is 6.80. The van der Waals surface area contributed by atoms with Crippen LogP contribution in [0, 0.1) is 58.5 Å². The minimum absolute atomic E-state index is 0. The summed E-state index contributed by atoms with van der Waals surface area (Å²) in [7, 11) is -12.8. The molecule has 0 bridgehead atoms. The summed E-state index contributed by atoms with van der Waals surface area (Å²) in [6.07, 6.45) is 0. The van der Waals surface area contributed by atoms with Gasteiger partial charge in [0.05, 0.1) is 14.7 Å². The molecule has 0 fully saturated rings. The minimum Gasteiger partial charge on any atom is -0.744 e. The molecule has 0 aromatic heterocycles. The zero-order valence-corrected chi connectivity index (χ0v) is 22.5. The summed E-state index contributed by atoms with van der Waals surface area (Å²) in [5, 5.41) is 0. The van der Waals surface area contributed by atoms with Crippen LogP contribution in [0.15, 0.2) is 87.5 Å². The molecule has 0 N–H and O–H groups in total. The Morgan fingerprint density at radius 3 is 0.676 bits per heavy atom. The normalized spacial score (nSPS) is 11.1. The Labute approximate surface area is 230 Å². The molecule has 0 aliphatic rings. The third-order valence-electron chi connectivity index (χ3n) is 3.93. The van der Waals surface area contributed by atoms with Gasteiger partial charge in [-0.05, 0) is 57.2 Å². The van der Waals surface area contributed by atoms with Crippen LogP contribution < -0.4 is 0 Å². The fourth-order valence-corrected chi connectivity index (χ4v) is 3.52. The van der Waals surface area contributed by atoms with Crippen LogP contribution in [0.1, 0.15) is 16.7 Å². The Kier molecular flexibility index (Phi) is 13.1. The molecule has 0 aliphatic heterocycles. The molecule has 3 aromatic carbocycles. The second-order valence-corrected chi connectivity index (χ2v) is 10.9. The van der Waals surface area contributed by atoms with Crippen molar-refractivity contribution in [1.82, 2.24) is 0 Å². The van der Waals surface area contributed by atoms with E-state index in [2.05, 4.69) is 0 Å². The first-order chi connectivity index (χ1) is 15.0. The molecule has 3 rings (SSSR count). The number of rotatable bonds is 3. The third-order valence-corrected chi connectivity index (χ3v) is 6.48. The molecule has 0 unspecified atom stereocenters. The van der Waals surface area contributed by atoms with Crippen LogP contribution in [-0.4, -0.2) is 38.9 Å². The van der Waals surface area contributed by atoms with E-state index in [1.165, 1.54) is 36.4 Å². The van der Waals surface area contributed by atoms with Gasteiger partial charge >= 0.3 is 37.7 Å². The maximum atomic E-state index is 10.4. The predicted octanol–water partition coefficient (Wildman–Crippen LogP) is 2.70. The summed E-state index contributed by atoms with van der Waals surface area (Å²) in [6.45, 7) is 5.46. The van der Waals surface area contributed by atoms with E-state index in [-0.39, 0.29) is 52.4 Å². The quantitative estimate of drug-likeness (QED) is 0.298. The molecule has 0 aliphatic carbocycles. The van der Waals surface area contributed by atoms with E-state index in [1.807, 2.05) is 20.8 Å². The van der Waals surface area contributed by atoms with Gasteiger partial charge in [-0.25, -0.2) is 25.3 Å². The Morgan fingerprint density at radius 1 is 0.412 bits per heavy atom. The van der Waals surface area contributed by atoms with Gasteiger partial charge in [0.1, 0.15) is 30.4 Å². The molecule has 0 amide bonds. The summed E-state index contributed by atoms with van der Waals surface area (Å²) < 4.78 is 93.5. The molecule has 13 heteroatoms. The largest absolute Gasteiger partial charge is 3.00 e. The molecule has 0 saturated carbocycles. The van der Waals surface area contributed by atoms with Crippen LogP contribution in [0.4, 0.5) is 0 Å². The van der Waals surface area contributed by atoms with Gasteiger partial charge in [-0.3, -0.25) is 0 Å². The Balaban J connectivity index is 0.000000473.